The second-order valence-electron chi connectivity index (χ2n) is 6.79. The Balaban J connectivity index is 1.66. The Labute approximate surface area is 161 Å². The Hall–Kier alpha value is -3.23. The van der Waals surface area contributed by atoms with E-state index in [9.17, 15) is 5.11 Å². The fourth-order valence-corrected chi connectivity index (χ4v) is 3.52. The first-order valence-electron chi connectivity index (χ1n) is 9.21. The molecule has 5 rings (SSSR count). The number of hydrogen-bond acceptors (Lipinski definition) is 7. The van der Waals surface area contributed by atoms with Crippen molar-refractivity contribution in [3.8, 4) is 17.1 Å². The number of rotatable bonds is 4. The van der Waals surface area contributed by atoms with Crippen molar-refractivity contribution in [2.75, 3.05) is 19.0 Å². The van der Waals surface area contributed by atoms with Gasteiger partial charge in [0.15, 0.2) is 11.5 Å². The number of hydrogen-bond donors (Lipinski definition) is 3. The van der Waals surface area contributed by atoms with Gasteiger partial charge in [-0.25, -0.2) is 9.97 Å². The Morgan fingerprint density at radius 1 is 1.14 bits per heavy atom. The quantitative estimate of drug-likeness (QED) is 0.501. The number of nitrogens with one attached hydrogen (secondary N) is 2. The van der Waals surface area contributed by atoms with Crippen molar-refractivity contribution in [3.63, 3.8) is 0 Å². The average Bonchev–Trinajstić information content (AvgIpc) is 3.35. The number of aromatic nitrogens is 4. The van der Waals surface area contributed by atoms with E-state index in [1.165, 1.54) is 0 Å². The van der Waals surface area contributed by atoms with Crippen LogP contribution >= 0.6 is 0 Å². The van der Waals surface area contributed by atoms with Gasteiger partial charge >= 0.3 is 0 Å². The fourth-order valence-electron chi connectivity index (χ4n) is 3.52. The first-order chi connectivity index (χ1) is 13.7. The zero-order valence-electron chi connectivity index (χ0n) is 15.3. The fraction of sp³-hybridized carbons (Fsp3) is 0.250. The topological polar surface area (TPSA) is 96.6 Å². The Kier molecular flexibility index (Phi) is 4.07. The standard InChI is InChI=1S/C20H20N6O2/c1-28-13-8-6-12(7-9-13)17-24-18-14-4-2-3-5-15(14)22-20(26(18)25-17)23-16-10-11-21-19(16)27/h2-9,16,19,21,27H,10-11H2,1H3,(H,22,23)/t16-,19?/m0/s1. The molecule has 2 atom stereocenters. The van der Waals surface area contributed by atoms with E-state index < -0.39 is 6.23 Å². The lowest BCUT2D eigenvalue weighted by Crippen LogP contribution is -2.35. The zero-order valence-corrected chi connectivity index (χ0v) is 15.3. The van der Waals surface area contributed by atoms with Gasteiger partial charge in [-0.1, -0.05) is 12.1 Å². The number of nitrogens with zero attached hydrogens (tertiary/aromatic N) is 4. The van der Waals surface area contributed by atoms with Gasteiger partial charge in [-0.3, -0.25) is 5.32 Å². The van der Waals surface area contributed by atoms with Gasteiger partial charge in [0.1, 0.15) is 12.0 Å². The summed E-state index contributed by atoms with van der Waals surface area (Å²) < 4.78 is 6.94. The Bertz CT molecular complexity index is 1140. The number of fused-ring (bicyclic) bond motifs is 3. The molecule has 1 unspecified atom stereocenters. The summed E-state index contributed by atoms with van der Waals surface area (Å²) in [7, 11) is 1.64. The number of ether oxygens (including phenoxy) is 1. The van der Waals surface area contributed by atoms with Crippen molar-refractivity contribution in [2.45, 2.75) is 18.7 Å². The third-order valence-corrected chi connectivity index (χ3v) is 5.03. The van der Waals surface area contributed by atoms with Crippen LogP contribution in [0.4, 0.5) is 5.95 Å². The second-order valence-corrected chi connectivity index (χ2v) is 6.79. The highest BCUT2D eigenvalue weighted by Crippen LogP contribution is 2.26. The molecule has 0 aliphatic carbocycles. The SMILES string of the molecule is COc1ccc(-c2nc3c4ccccc4nc(N[C@H]4CCNC4O)n3n2)cc1. The molecule has 142 valence electrons. The summed E-state index contributed by atoms with van der Waals surface area (Å²) in [5.41, 5.74) is 2.44. The molecule has 2 aromatic heterocycles. The summed E-state index contributed by atoms with van der Waals surface area (Å²) in [5, 5.41) is 22.1. The van der Waals surface area contributed by atoms with Gasteiger partial charge < -0.3 is 15.2 Å². The number of benzene rings is 2. The first kappa shape index (κ1) is 16.9. The van der Waals surface area contributed by atoms with Gasteiger partial charge in [0.05, 0.1) is 18.7 Å². The van der Waals surface area contributed by atoms with Gasteiger partial charge in [-0.2, -0.15) is 4.52 Å². The summed E-state index contributed by atoms with van der Waals surface area (Å²) in [6.45, 7) is 0.754. The maximum Gasteiger partial charge on any atom is 0.226 e. The van der Waals surface area contributed by atoms with E-state index in [-0.39, 0.29) is 6.04 Å². The number of anilines is 1. The van der Waals surface area contributed by atoms with Crippen LogP contribution in [0, 0.1) is 0 Å². The van der Waals surface area contributed by atoms with E-state index in [1.807, 2.05) is 48.5 Å². The third-order valence-electron chi connectivity index (χ3n) is 5.03. The molecule has 1 aliphatic rings. The van der Waals surface area contributed by atoms with Gasteiger partial charge in [0.2, 0.25) is 5.95 Å². The van der Waals surface area contributed by atoms with E-state index in [0.29, 0.717) is 11.8 Å². The number of aliphatic hydroxyl groups is 1. The molecule has 8 nitrogen and oxygen atoms in total. The molecule has 0 saturated carbocycles. The van der Waals surface area contributed by atoms with Gasteiger partial charge in [-0.05, 0) is 49.4 Å². The van der Waals surface area contributed by atoms with Gasteiger partial charge in [0, 0.05) is 10.9 Å². The highest BCUT2D eigenvalue weighted by Gasteiger charge is 2.26. The first-order valence-corrected chi connectivity index (χ1v) is 9.21. The molecule has 0 bridgehead atoms. The van der Waals surface area contributed by atoms with Crippen molar-refractivity contribution in [1.82, 2.24) is 24.9 Å². The van der Waals surface area contributed by atoms with Gasteiger partial charge in [-0.15, -0.1) is 5.10 Å². The second kappa shape index (κ2) is 6.74. The Morgan fingerprint density at radius 3 is 2.71 bits per heavy atom. The highest BCUT2D eigenvalue weighted by molar-refractivity contribution is 5.92. The van der Waals surface area contributed by atoms with Crippen molar-refractivity contribution >= 4 is 22.5 Å². The summed E-state index contributed by atoms with van der Waals surface area (Å²) in [6, 6.07) is 15.3. The minimum atomic E-state index is -0.618. The predicted molar refractivity (Wildman–Crippen MR) is 106 cm³/mol. The highest BCUT2D eigenvalue weighted by atomic mass is 16.5. The molecular formula is C20H20N6O2. The molecule has 2 aromatic carbocycles. The normalized spacial score (nSPS) is 19.4. The summed E-state index contributed by atoms with van der Waals surface area (Å²) in [5.74, 6) is 1.95. The molecule has 1 saturated heterocycles. The van der Waals surface area contributed by atoms with Crippen LogP contribution in [0.15, 0.2) is 48.5 Å². The molecule has 8 heteroatoms. The van der Waals surface area contributed by atoms with E-state index >= 15 is 0 Å². The van der Waals surface area contributed by atoms with Crippen LogP contribution in [-0.2, 0) is 0 Å². The van der Waals surface area contributed by atoms with Crippen LogP contribution < -0.4 is 15.4 Å². The molecule has 3 heterocycles. The average molecular weight is 376 g/mol. The third kappa shape index (κ3) is 2.83. The van der Waals surface area contributed by atoms with Crippen LogP contribution in [0.1, 0.15) is 6.42 Å². The van der Waals surface area contributed by atoms with Crippen LogP contribution in [0.2, 0.25) is 0 Å². The maximum absolute atomic E-state index is 10.1. The summed E-state index contributed by atoms with van der Waals surface area (Å²) >= 11 is 0. The number of para-hydroxylation sites is 1. The van der Waals surface area contributed by atoms with Crippen LogP contribution in [0.5, 0.6) is 5.75 Å². The molecule has 3 N–H and O–H groups in total. The minimum absolute atomic E-state index is 0.134. The minimum Gasteiger partial charge on any atom is -0.497 e. The van der Waals surface area contributed by atoms with E-state index in [0.717, 1.165) is 40.8 Å². The van der Waals surface area contributed by atoms with Crippen molar-refractivity contribution in [1.29, 1.82) is 0 Å². The predicted octanol–water partition coefficient (Wildman–Crippen LogP) is 2.05. The van der Waals surface area contributed by atoms with Crippen LogP contribution in [-0.4, -0.2) is 50.6 Å². The number of methoxy groups -OCH3 is 1. The molecule has 28 heavy (non-hydrogen) atoms. The molecule has 0 spiro atoms. The molecule has 0 amide bonds. The maximum atomic E-state index is 10.1. The molecule has 1 fully saturated rings. The lowest BCUT2D eigenvalue weighted by atomic mass is 10.2. The number of aliphatic hydroxyl groups excluding tert-OH is 1. The molecule has 1 aliphatic heterocycles. The lowest BCUT2D eigenvalue weighted by Gasteiger charge is -2.17. The van der Waals surface area contributed by atoms with Crippen molar-refractivity contribution in [2.24, 2.45) is 0 Å². The van der Waals surface area contributed by atoms with Gasteiger partial charge in [0.25, 0.3) is 0 Å². The summed E-state index contributed by atoms with van der Waals surface area (Å²) in [6.07, 6.45) is 0.185. The van der Waals surface area contributed by atoms with E-state index in [1.54, 1.807) is 11.6 Å². The molecular weight excluding hydrogens is 356 g/mol. The Morgan fingerprint density at radius 2 is 1.96 bits per heavy atom. The van der Waals surface area contributed by atoms with Crippen molar-refractivity contribution in [3.05, 3.63) is 48.5 Å². The monoisotopic (exact) mass is 376 g/mol. The van der Waals surface area contributed by atoms with Crippen molar-refractivity contribution < 1.29 is 9.84 Å². The molecule has 4 aromatic rings. The zero-order chi connectivity index (χ0) is 19.1. The molecule has 0 radical (unpaired) electrons. The van der Waals surface area contributed by atoms with Crippen LogP contribution in [0.3, 0.4) is 0 Å². The smallest absolute Gasteiger partial charge is 0.226 e. The largest absolute Gasteiger partial charge is 0.497 e. The lowest BCUT2D eigenvalue weighted by molar-refractivity contribution is 0.149. The summed E-state index contributed by atoms with van der Waals surface area (Å²) in [4.78, 5) is 9.50. The van der Waals surface area contributed by atoms with Crippen LogP contribution in [0.25, 0.3) is 27.9 Å². The van der Waals surface area contributed by atoms with E-state index in [2.05, 4.69) is 10.6 Å². The van der Waals surface area contributed by atoms with E-state index in [4.69, 9.17) is 19.8 Å².